The van der Waals surface area contributed by atoms with Crippen LogP contribution in [0.3, 0.4) is 0 Å². The van der Waals surface area contributed by atoms with Gasteiger partial charge in [-0.2, -0.15) is 5.26 Å². The maximum atomic E-state index is 13.7. The highest BCUT2D eigenvalue weighted by Gasteiger charge is 2.45. The number of aryl methyl sites for hydroxylation is 1. The first kappa shape index (κ1) is 29.0. The lowest BCUT2D eigenvalue weighted by molar-refractivity contribution is -0.118. The molecule has 210 valence electrons. The maximum absolute atomic E-state index is 13.7. The topological polar surface area (TPSA) is 125 Å². The number of halogens is 1. The number of nitrogens with two attached hydrogens (primary N) is 1. The van der Waals surface area contributed by atoms with E-state index in [9.17, 15) is 14.9 Å². The van der Waals surface area contributed by atoms with Crippen LogP contribution >= 0.6 is 39.0 Å². The van der Waals surface area contributed by atoms with Crippen molar-refractivity contribution in [3.8, 4) is 6.07 Å². The molecule has 5 rings (SSSR count). The zero-order valence-corrected chi connectivity index (χ0v) is 26.1. The summed E-state index contributed by atoms with van der Waals surface area (Å²) in [5.41, 5.74) is 10.8. The molecule has 41 heavy (non-hydrogen) atoms. The number of nitrogens with one attached hydrogen (secondary N) is 1. The predicted molar refractivity (Wildman–Crippen MR) is 166 cm³/mol. The van der Waals surface area contributed by atoms with Gasteiger partial charge in [0, 0.05) is 27.9 Å². The molecule has 0 bridgehead atoms. The summed E-state index contributed by atoms with van der Waals surface area (Å²) in [6.07, 6.45) is 1.88. The second-order valence-corrected chi connectivity index (χ2v) is 13.8. The fourth-order valence-corrected chi connectivity index (χ4v) is 7.44. The van der Waals surface area contributed by atoms with E-state index in [0.29, 0.717) is 33.5 Å². The van der Waals surface area contributed by atoms with Gasteiger partial charge in [-0.05, 0) is 47.6 Å². The van der Waals surface area contributed by atoms with Gasteiger partial charge in [-0.1, -0.05) is 90.1 Å². The van der Waals surface area contributed by atoms with Gasteiger partial charge in [0.25, 0.3) is 0 Å². The van der Waals surface area contributed by atoms with E-state index >= 15 is 0 Å². The number of benzene rings is 2. The summed E-state index contributed by atoms with van der Waals surface area (Å²) in [5.74, 6) is -0.352. The molecule has 3 aromatic rings. The van der Waals surface area contributed by atoms with Gasteiger partial charge in [-0.15, -0.1) is 10.2 Å². The molecular weight excluding hydrogens is 620 g/mol. The number of thioether (sulfide) groups is 1. The van der Waals surface area contributed by atoms with Crippen LogP contribution in [0.5, 0.6) is 0 Å². The zero-order valence-electron chi connectivity index (χ0n) is 22.9. The van der Waals surface area contributed by atoms with E-state index < -0.39 is 5.92 Å². The molecule has 0 radical (unpaired) electrons. The van der Waals surface area contributed by atoms with Gasteiger partial charge < -0.3 is 11.1 Å². The van der Waals surface area contributed by atoms with Crippen molar-refractivity contribution in [1.29, 1.82) is 5.26 Å². The number of allylic oxidation sites excluding steroid dienone is 3. The van der Waals surface area contributed by atoms with Crippen LogP contribution < -0.4 is 16.0 Å². The number of amides is 1. The summed E-state index contributed by atoms with van der Waals surface area (Å²) in [5, 5.41) is 22.3. The van der Waals surface area contributed by atoms with Crippen LogP contribution in [0.25, 0.3) is 0 Å². The normalized spacial score (nSPS) is 18.3. The Labute approximate surface area is 255 Å². The van der Waals surface area contributed by atoms with Gasteiger partial charge in [-0.3, -0.25) is 14.5 Å². The maximum Gasteiger partial charge on any atom is 0.234 e. The van der Waals surface area contributed by atoms with Gasteiger partial charge in [-0.25, -0.2) is 0 Å². The monoisotopic (exact) mass is 648 g/mol. The molecule has 8 nitrogen and oxygen atoms in total. The molecule has 3 N–H and O–H groups in total. The van der Waals surface area contributed by atoms with Crippen LogP contribution in [-0.2, 0) is 16.0 Å². The summed E-state index contributed by atoms with van der Waals surface area (Å²) in [6.45, 7) is 6.19. The van der Waals surface area contributed by atoms with Crippen molar-refractivity contribution in [2.24, 2.45) is 11.1 Å². The summed E-state index contributed by atoms with van der Waals surface area (Å²) >= 11 is 6.16. The third-order valence-corrected chi connectivity index (χ3v) is 9.92. The molecule has 11 heteroatoms. The van der Waals surface area contributed by atoms with Crippen LogP contribution in [-0.4, -0.2) is 27.6 Å². The number of nitriles is 1. The third-order valence-electron chi connectivity index (χ3n) is 7.16. The number of hydrogen-bond donors (Lipinski definition) is 2. The minimum absolute atomic E-state index is 0.00925. The number of anilines is 2. The predicted octanol–water partition coefficient (Wildman–Crippen LogP) is 6.53. The summed E-state index contributed by atoms with van der Waals surface area (Å²) in [7, 11) is 0. The van der Waals surface area contributed by atoms with E-state index in [-0.39, 0.29) is 28.7 Å². The van der Waals surface area contributed by atoms with E-state index in [4.69, 9.17) is 5.73 Å². The van der Waals surface area contributed by atoms with Crippen molar-refractivity contribution in [2.45, 2.75) is 50.3 Å². The lowest BCUT2D eigenvalue weighted by Crippen LogP contribution is -2.42. The van der Waals surface area contributed by atoms with E-state index in [2.05, 4.69) is 58.3 Å². The number of ketones is 1. The standard InChI is InChI=1S/C30H29BrN6O2S2/c1-4-17-9-11-18(12-10-17)34-24(39)16-40-29-36-35-28(41-29)37-22-13-30(2,3)14-23(38)26(22)25(20(15-32)27(37)33)19-7-5-6-8-21(19)31/h5-12,25H,4,13-14,16,33H2,1-3H3,(H,34,39). The van der Waals surface area contributed by atoms with Crippen LogP contribution in [0.15, 0.2) is 80.0 Å². The number of carbonyl (C=O) groups excluding carboxylic acids is 2. The van der Waals surface area contributed by atoms with Gasteiger partial charge >= 0.3 is 0 Å². The first-order valence-electron chi connectivity index (χ1n) is 13.2. The molecule has 1 aromatic heterocycles. The van der Waals surface area contributed by atoms with Gasteiger partial charge in [0.05, 0.1) is 23.3 Å². The van der Waals surface area contributed by atoms with Crippen LogP contribution in [0.2, 0.25) is 0 Å². The smallest absolute Gasteiger partial charge is 0.234 e. The van der Waals surface area contributed by atoms with Crippen molar-refractivity contribution >= 4 is 61.5 Å². The van der Waals surface area contributed by atoms with Crippen molar-refractivity contribution < 1.29 is 9.59 Å². The Morgan fingerprint density at radius 1 is 1.22 bits per heavy atom. The van der Waals surface area contributed by atoms with Crippen molar-refractivity contribution in [3.05, 3.63) is 86.8 Å². The second-order valence-electron chi connectivity index (χ2n) is 10.7. The molecule has 2 heterocycles. The highest BCUT2D eigenvalue weighted by atomic mass is 79.9. The molecule has 0 saturated carbocycles. The molecule has 0 fully saturated rings. The first-order chi connectivity index (χ1) is 19.6. The van der Waals surface area contributed by atoms with Gasteiger partial charge in [0.2, 0.25) is 11.0 Å². The number of Topliss-reactive ketones (excluding diaryl/α,β-unsaturated/α-hetero) is 1. The molecule has 0 saturated heterocycles. The quantitative estimate of drug-likeness (QED) is 0.277. The molecule has 1 amide bonds. The van der Waals surface area contributed by atoms with Crippen LogP contribution in [0.4, 0.5) is 10.8 Å². The molecule has 1 unspecified atom stereocenters. The number of rotatable bonds is 7. The molecular formula is C30H29BrN6O2S2. The largest absolute Gasteiger partial charge is 0.384 e. The summed E-state index contributed by atoms with van der Waals surface area (Å²) in [6, 6.07) is 17.6. The highest BCUT2D eigenvalue weighted by molar-refractivity contribution is 9.10. The average Bonchev–Trinajstić information content (AvgIpc) is 3.40. The van der Waals surface area contributed by atoms with E-state index in [1.54, 1.807) is 4.90 Å². The van der Waals surface area contributed by atoms with E-state index in [0.717, 1.165) is 27.8 Å². The zero-order chi connectivity index (χ0) is 29.3. The lowest BCUT2D eigenvalue weighted by Gasteiger charge is -2.42. The molecule has 1 atom stereocenters. The number of carbonyl (C=O) groups is 2. The van der Waals surface area contributed by atoms with Crippen molar-refractivity contribution in [3.63, 3.8) is 0 Å². The Balaban J connectivity index is 1.44. The lowest BCUT2D eigenvalue weighted by atomic mass is 9.69. The second kappa shape index (κ2) is 11.8. The minimum Gasteiger partial charge on any atom is -0.384 e. The Kier molecular flexibility index (Phi) is 8.36. The fraction of sp³-hybridized carbons (Fsp3) is 0.300. The third kappa shape index (κ3) is 5.96. The summed E-state index contributed by atoms with van der Waals surface area (Å²) < 4.78 is 1.39. The van der Waals surface area contributed by atoms with Crippen molar-refractivity contribution in [1.82, 2.24) is 10.2 Å². The number of hydrogen-bond acceptors (Lipinski definition) is 9. The van der Waals surface area contributed by atoms with Crippen LogP contribution in [0, 0.1) is 16.7 Å². The van der Waals surface area contributed by atoms with E-state index in [1.807, 2.05) is 48.5 Å². The SMILES string of the molecule is CCc1ccc(NC(=O)CSc2nnc(N3C(N)=C(C#N)C(c4ccccc4Br)C4=C3CC(C)(C)CC4=O)s2)cc1. The molecule has 2 aromatic carbocycles. The van der Waals surface area contributed by atoms with Crippen molar-refractivity contribution in [2.75, 3.05) is 16.0 Å². The Hall–Kier alpha value is -3.46. The Bertz CT molecular complexity index is 1620. The number of aromatic nitrogens is 2. The average molecular weight is 650 g/mol. The number of nitrogens with zero attached hydrogens (tertiary/aromatic N) is 4. The van der Waals surface area contributed by atoms with E-state index in [1.165, 1.54) is 28.7 Å². The highest BCUT2D eigenvalue weighted by Crippen LogP contribution is 2.51. The minimum atomic E-state index is -0.581. The van der Waals surface area contributed by atoms with Gasteiger partial charge in [0.1, 0.15) is 5.82 Å². The molecule has 0 spiro atoms. The van der Waals surface area contributed by atoms with Gasteiger partial charge in [0.15, 0.2) is 10.1 Å². The molecule has 2 aliphatic rings. The first-order valence-corrected chi connectivity index (χ1v) is 15.8. The Morgan fingerprint density at radius 3 is 2.63 bits per heavy atom. The molecule has 1 aliphatic carbocycles. The summed E-state index contributed by atoms with van der Waals surface area (Å²) in [4.78, 5) is 28.0. The van der Waals surface area contributed by atoms with Crippen LogP contribution in [0.1, 0.15) is 50.7 Å². The fourth-order valence-electron chi connectivity index (χ4n) is 5.25. The molecule has 1 aliphatic heterocycles. The Morgan fingerprint density at radius 2 is 1.95 bits per heavy atom.